The van der Waals surface area contributed by atoms with Gasteiger partial charge in [-0.15, -0.1) is 0 Å². The van der Waals surface area contributed by atoms with E-state index in [1.165, 1.54) is 6.20 Å². The maximum atomic E-state index is 12.3. The molecule has 1 rings (SSSR count). The van der Waals surface area contributed by atoms with E-state index in [1.54, 1.807) is 12.1 Å². The van der Waals surface area contributed by atoms with Crippen molar-refractivity contribution in [3.8, 4) is 5.88 Å². The van der Waals surface area contributed by atoms with Crippen LogP contribution in [0.4, 0.5) is 13.2 Å². The third-order valence-corrected chi connectivity index (χ3v) is 3.34. The van der Waals surface area contributed by atoms with E-state index in [2.05, 4.69) is 34.5 Å². The number of hydrogen-bond acceptors (Lipinski definition) is 3. The Morgan fingerprint density at radius 2 is 2.04 bits per heavy atom. The van der Waals surface area contributed by atoms with Crippen molar-refractivity contribution in [2.24, 2.45) is 10.9 Å². The van der Waals surface area contributed by atoms with Crippen LogP contribution in [0.5, 0.6) is 5.88 Å². The first-order valence-electron chi connectivity index (χ1n) is 7.91. The molecule has 8 heteroatoms. The van der Waals surface area contributed by atoms with Crippen LogP contribution in [-0.2, 0) is 6.54 Å². The van der Waals surface area contributed by atoms with Crippen LogP contribution in [0, 0.1) is 5.92 Å². The van der Waals surface area contributed by atoms with E-state index >= 15 is 0 Å². The number of halogens is 3. The summed E-state index contributed by atoms with van der Waals surface area (Å²) in [5.74, 6) is 0.966. The Morgan fingerprint density at radius 3 is 2.62 bits per heavy atom. The third kappa shape index (κ3) is 7.52. The highest BCUT2D eigenvalue weighted by atomic mass is 19.4. The van der Waals surface area contributed by atoms with Crippen LogP contribution < -0.4 is 15.4 Å². The Kier molecular flexibility index (Phi) is 7.81. The van der Waals surface area contributed by atoms with Crippen LogP contribution in [0.1, 0.15) is 33.3 Å². The number of nitrogens with zero attached hydrogens (tertiary/aromatic N) is 2. The predicted octanol–water partition coefficient (Wildman–Crippen LogP) is 3.12. The monoisotopic (exact) mass is 346 g/mol. The maximum absolute atomic E-state index is 12.3. The van der Waals surface area contributed by atoms with Crippen LogP contribution in [0.3, 0.4) is 0 Å². The van der Waals surface area contributed by atoms with Gasteiger partial charge in [0, 0.05) is 24.3 Å². The molecule has 0 aliphatic heterocycles. The van der Waals surface area contributed by atoms with E-state index in [9.17, 15) is 13.2 Å². The van der Waals surface area contributed by atoms with Gasteiger partial charge in [0.1, 0.15) is 0 Å². The summed E-state index contributed by atoms with van der Waals surface area (Å²) in [7, 11) is 0. The number of aliphatic imine (C=N–C) groups is 1. The Balaban J connectivity index is 2.81. The summed E-state index contributed by atoms with van der Waals surface area (Å²) in [4.78, 5) is 8.27. The fourth-order valence-electron chi connectivity index (χ4n) is 1.69. The predicted molar refractivity (Wildman–Crippen MR) is 88.0 cm³/mol. The molecule has 0 saturated carbocycles. The minimum absolute atomic E-state index is 0.0497. The molecule has 136 valence electrons. The molecule has 0 amide bonds. The molecule has 0 fully saturated rings. The zero-order chi connectivity index (χ0) is 18.2. The quantitative estimate of drug-likeness (QED) is 0.588. The molecule has 1 aromatic rings. The van der Waals surface area contributed by atoms with E-state index in [0.717, 1.165) is 0 Å². The average molecular weight is 346 g/mol. The molecule has 0 aliphatic rings. The van der Waals surface area contributed by atoms with E-state index in [-0.39, 0.29) is 18.5 Å². The fraction of sp³-hybridized carbons (Fsp3) is 0.625. The molecule has 0 bridgehead atoms. The Morgan fingerprint density at radius 1 is 1.33 bits per heavy atom. The standard InChI is InChI=1S/C16H25F3N4O/c1-5-20-15(23-12(4)11(2)3)22-9-13-7-6-8-21-14(13)24-10-16(17,18)19/h6-8,11-12H,5,9-10H2,1-4H3,(H2,20,22,23). The fourth-order valence-corrected chi connectivity index (χ4v) is 1.69. The number of alkyl halides is 3. The minimum atomic E-state index is -4.40. The molecule has 1 aromatic heterocycles. The van der Waals surface area contributed by atoms with Gasteiger partial charge in [-0.05, 0) is 25.8 Å². The topological polar surface area (TPSA) is 58.5 Å². The van der Waals surface area contributed by atoms with Crippen molar-refractivity contribution in [3.63, 3.8) is 0 Å². The van der Waals surface area contributed by atoms with Crippen LogP contribution in [0.2, 0.25) is 0 Å². The van der Waals surface area contributed by atoms with Gasteiger partial charge >= 0.3 is 6.18 Å². The molecule has 0 spiro atoms. The van der Waals surface area contributed by atoms with Crippen LogP contribution in [-0.4, -0.2) is 36.3 Å². The molecule has 0 aromatic carbocycles. The molecule has 0 saturated heterocycles. The van der Waals surface area contributed by atoms with E-state index in [1.807, 2.05) is 13.8 Å². The first kappa shape index (κ1) is 20.1. The zero-order valence-corrected chi connectivity index (χ0v) is 14.4. The number of rotatable bonds is 7. The van der Waals surface area contributed by atoms with Crippen LogP contribution >= 0.6 is 0 Å². The molecule has 2 N–H and O–H groups in total. The highest BCUT2D eigenvalue weighted by Crippen LogP contribution is 2.20. The van der Waals surface area contributed by atoms with Gasteiger partial charge in [-0.25, -0.2) is 9.98 Å². The zero-order valence-electron chi connectivity index (χ0n) is 14.4. The van der Waals surface area contributed by atoms with Gasteiger partial charge < -0.3 is 15.4 Å². The summed E-state index contributed by atoms with van der Waals surface area (Å²) in [5, 5.41) is 6.37. The summed E-state index contributed by atoms with van der Waals surface area (Å²) < 4.78 is 41.7. The molecule has 0 aliphatic carbocycles. The summed E-state index contributed by atoms with van der Waals surface area (Å²) in [5.41, 5.74) is 0.496. The van der Waals surface area contributed by atoms with Crippen LogP contribution in [0.25, 0.3) is 0 Å². The lowest BCUT2D eigenvalue weighted by Crippen LogP contribution is -2.44. The molecule has 1 heterocycles. The van der Waals surface area contributed by atoms with Gasteiger partial charge in [-0.1, -0.05) is 19.9 Å². The molecule has 0 radical (unpaired) electrons. The van der Waals surface area contributed by atoms with E-state index in [0.29, 0.717) is 24.0 Å². The Bertz CT molecular complexity index is 532. The molecule has 1 atom stereocenters. The second-order valence-corrected chi connectivity index (χ2v) is 5.74. The maximum Gasteiger partial charge on any atom is 0.422 e. The molecule has 24 heavy (non-hydrogen) atoms. The number of nitrogens with one attached hydrogen (secondary N) is 2. The lowest BCUT2D eigenvalue weighted by molar-refractivity contribution is -0.154. The molecular weight excluding hydrogens is 321 g/mol. The summed E-state index contributed by atoms with van der Waals surface area (Å²) in [6.45, 7) is 7.64. The number of pyridine rings is 1. The summed E-state index contributed by atoms with van der Waals surface area (Å²) in [6.07, 6.45) is -3.01. The number of hydrogen-bond donors (Lipinski definition) is 2. The van der Waals surface area contributed by atoms with Crippen molar-refractivity contribution >= 4 is 5.96 Å². The molecule has 5 nitrogen and oxygen atoms in total. The smallest absolute Gasteiger partial charge is 0.422 e. The number of guanidine groups is 1. The van der Waals surface area contributed by atoms with E-state index in [4.69, 9.17) is 4.74 Å². The van der Waals surface area contributed by atoms with Crippen molar-refractivity contribution in [1.29, 1.82) is 0 Å². The Labute approximate surface area is 140 Å². The number of aromatic nitrogens is 1. The normalized spacial score (nSPS) is 13.8. The largest absolute Gasteiger partial charge is 0.468 e. The van der Waals surface area contributed by atoms with Crippen molar-refractivity contribution in [2.45, 2.75) is 46.5 Å². The van der Waals surface area contributed by atoms with Crippen molar-refractivity contribution < 1.29 is 17.9 Å². The number of ether oxygens (including phenoxy) is 1. The third-order valence-electron chi connectivity index (χ3n) is 3.34. The lowest BCUT2D eigenvalue weighted by Gasteiger charge is -2.20. The van der Waals surface area contributed by atoms with Crippen molar-refractivity contribution in [1.82, 2.24) is 15.6 Å². The summed E-state index contributed by atoms with van der Waals surface area (Å²) in [6, 6.07) is 3.50. The van der Waals surface area contributed by atoms with Crippen molar-refractivity contribution in [2.75, 3.05) is 13.2 Å². The second kappa shape index (κ2) is 9.34. The second-order valence-electron chi connectivity index (χ2n) is 5.74. The lowest BCUT2D eigenvalue weighted by atomic mass is 10.1. The van der Waals surface area contributed by atoms with Gasteiger partial charge in [-0.2, -0.15) is 13.2 Å². The first-order chi connectivity index (χ1) is 11.2. The SMILES string of the molecule is CCNC(=NCc1cccnc1OCC(F)(F)F)NC(C)C(C)C. The van der Waals surface area contributed by atoms with Gasteiger partial charge in [-0.3, -0.25) is 0 Å². The van der Waals surface area contributed by atoms with Gasteiger partial charge in [0.25, 0.3) is 0 Å². The molecular formula is C16H25F3N4O. The van der Waals surface area contributed by atoms with Gasteiger partial charge in [0.2, 0.25) is 5.88 Å². The van der Waals surface area contributed by atoms with Crippen molar-refractivity contribution in [3.05, 3.63) is 23.9 Å². The Hall–Kier alpha value is -1.99. The molecule has 1 unspecified atom stereocenters. The minimum Gasteiger partial charge on any atom is -0.468 e. The van der Waals surface area contributed by atoms with Gasteiger partial charge in [0.05, 0.1) is 6.54 Å². The summed E-state index contributed by atoms with van der Waals surface area (Å²) >= 11 is 0. The van der Waals surface area contributed by atoms with E-state index < -0.39 is 12.8 Å². The highest BCUT2D eigenvalue weighted by molar-refractivity contribution is 5.80. The van der Waals surface area contributed by atoms with Gasteiger partial charge in [0.15, 0.2) is 12.6 Å². The van der Waals surface area contributed by atoms with Crippen LogP contribution in [0.15, 0.2) is 23.3 Å². The highest BCUT2D eigenvalue weighted by Gasteiger charge is 2.29. The average Bonchev–Trinajstić information content (AvgIpc) is 2.50. The first-order valence-corrected chi connectivity index (χ1v) is 7.91.